The van der Waals surface area contributed by atoms with Gasteiger partial charge in [0.05, 0.1) is 5.69 Å². The zero-order valence-corrected chi connectivity index (χ0v) is 9.14. The van der Waals surface area contributed by atoms with Crippen molar-refractivity contribution in [3.63, 3.8) is 0 Å². The van der Waals surface area contributed by atoms with Crippen molar-refractivity contribution < 1.29 is 9.53 Å². The summed E-state index contributed by atoms with van der Waals surface area (Å²) >= 11 is 0. The van der Waals surface area contributed by atoms with Gasteiger partial charge in [0.1, 0.15) is 5.75 Å². The Hall–Kier alpha value is -2.07. The Labute approximate surface area is 98.4 Å². The van der Waals surface area contributed by atoms with Crippen LogP contribution in [0.25, 0.3) is 10.8 Å². The van der Waals surface area contributed by atoms with Crippen molar-refractivity contribution in [3.05, 3.63) is 36.4 Å². The molecule has 0 aliphatic carbocycles. The van der Waals surface area contributed by atoms with Gasteiger partial charge in [-0.3, -0.25) is 4.79 Å². The van der Waals surface area contributed by atoms with Gasteiger partial charge in [0.2, 0.25) is 0 Å². The number of amides is 1. The lowest BCUT2D eigenvalue weighted by molar-refractivity contribution is -0.123. The molecule has 1 amide bonds. The van der Waals surface area contributed by atoms with Crippen LogP contribution in [0.5, 0.6) is 5.75 Å². The predicted octanol–water partition coefficient (Wildman–Crippen LogP) is 1.50. The molecular weight excluding hydrogens is 216 g/mol. The highest BCUT2D eigenvalue weighted by Gasteiger charge is 2.27. The van der Waals surface area contributed by atoms with Gasteiger partial charge >= 0.3 is 0 Å². The summed E-state index contributed by atoms with van der Waals surface area (Å²) in [6.07, 6.45) is -0.594. The van der Waals surface area contributed by atoms with Crippen LogP contribution >= 0.6 is 0 Å². The van der Waals surface area contributed by atoms with Gasteiger partial charge in [-0.05, 0) is 11.5 Å². The van der Waals surface area contributed by atoms with Crippen LogP contribution < -0.4 is 15.8 Å². The van der Waals surface area contributed by atoms with Gasteiger partial charge in [-0.15, -0.1) is 0 Å². The summed E-state index contributed by atoms with van der Waals surface area (Å²) in [4.78, 5) is 11.7. The van der Waals surface area contributed by atoms with E-state index in [0.29, 0.717) is 5.75 Å². The number of nitrogens with two attached hydrogens (primary N) is 1. The summed E-state index contributed by atoms with van der Waals surface area (Å²) in [5.41, 5.74) is 6.21. The zero-order chi connectivity index (χ0) is 11.8. The third kappa shape index (κ3) is 1.54. The van der Waals surface area contributed by atoms with Gasteiger partial charge in [-0.1, -0.05) is 30.3 Å². The van der Waals surface area contributed by atoms with Crippen LogP contribution in [0.1, 0.15) is 0 Å². The van der Waals surface area contributed by atoms with Crippen molar-refractivity contribution >= 4 is 22.4 Å². The molecule has 0 fully saturated rings. The molecule has 3 rings (SSSR count). The van der Waals surface area contributed by atoms with Crippen LogP contribution in [0, 0.1) is 0 Å². The van der Waals surface area contributed by atoms with Gasteiger partial charge in [-0.2, -0.15) is 0 Å². The number of fused-ring (bicyclic) bond motifs is 3. The first-order valence-electron chi connectivity index (χ1n) is 5.49. The quantitative estimate of drug-likeness (QED) is 0.777. The highest BCUT2D eigenvalue weighted by atomic mass is 16.5. The fraction of sp³-hybridized carbons (Fsp3) is 0.154. The highest BCUT2D eigenvalue weighted by molar-refractivity contribution is 6.07. The lowest BCUT2D eigenvalue weighted by Crippen LogP contribution is -2.42. The average molecular weight is 228 g/mol. The van der Waals surface area contributed by atoms with E-state index in [-0.39, 0.29) is 12.5 Å². The number of carbonyl (C=O) groups is 1. The van der Waals surface area contributed by atoms with Crippen LogP contribution in [0.4, 0.5) is 5.69 Å². The summed E-state index contributed by atoms with van der Waals surface area (Å²) in [6, 6.07) is 11.7. The monoisotopic (exact) mass is 228 g/mol. The molecule has 3 N–H and O–H groups in total. The third-order valence-corrected chi connectivity index (χ3v) is 2.91. The number of rotatable bonds is 1. The molecule has 17 heavy (non-hydrogen) atoms. The van der Waals surface area contributed by atoms with Crippen molar-refractivity contribution in [3.8, 4) is 5.75 Å². The van der Waals surface area contributed by atoms with Crippen molar-refractivity contribution in [2.75, 3.05) is 11.9 Å². The lowest BCUT2D eigenvalue weighted by atomic mass is 10.1. The first-order chi connectivity index (χ1) is 8.29. The molecule has 1 heterocycles. The van der Waals surface area contributed by atoms with Crippen LogP contribution in [0.3, 0.4) is 0 Å². The maximum Gasteiger partial charge on any atom is 0.266 e. The molecule has 86 valence electrons. The highest BCUT2D eigenvalue weighted by Crippen LogP contribution is 2.36. The van der Waals surface area contributed by atoms with Crippen molar-refractivity contribution in [1.29, 1.82) is 0 Å². The van der Waals surface area contributed by atoms with E-state index >= 15 is 0 Å². The molecule has 1 aliphatic heterocycles. The molecule has 0 saturated carbocycles. The van der Waals surface area contributed by atoms with E-state index in [1.165, 1.54) is 0 Å². The van der Waals surface area contributed by atoms with Crippen molar-refractivity contribution in [1.82, 2.24) is 0 Å². The zero-order valence-electron chi connectivity index (χ0n) is 9.14. The van der Waals surface area contributed by atoms with Gasteiger partial charge in [0.25, 0.3) is 5.91 Å². The fourth-order valence-corrected chi connectivity index (χ4v) is 2.04. The number of hydrogen-bond donors (Lipinski definition) is 2. The summed E-state index contributed by atoms with van der Waals surface area (Å²) in [5.74, 6) is 0.495. The molecule has 4 heteroatoms. The Morgan fingerprint density at radius 1 is 1.24 bits per heavy atom. The second-order valence-electron chi connectivity index (χ2n) is 3.99. The molecule has 0 saturated heterocycles. The van der Waals surface area contributed by atoms with Crippen LogP contribution in [0.15, 0.2) is 36.4 Å². The topological polar surface area (TPSA) is 64.3 Å². The largest absolute Gasteiger partial charge is 0.477 e. The van der Waals surface area contributed by atoms with Gasteiger partial charge in [0, 0.05) is 11.9 Å². The van der Waals surface area contributed by atoms with Gasteiger partial charge in [0.15, 0.2) is 6.10 Å². The second kappa shape index (κ2) is 3.75. The van der Waals surface area contributed by atoms with Crippen molar-refractivity contribution in [2.45, 2.75) is 6.10 Å². The van der Waals surface area contributed by atoms with E-state index in [4.69, 9.17) is 10.5 Å². The smallest absolute Gasteiger partial charge is 0.266 e. The Balaban J connectivity index is 2.18. The Morgan fingerprint density at radius 3 is 2.88 bits per heavy atom. The van der Waals surface area contributed by atoms with Crippen molar-refractivity contribution in [2.24, 2.45) is 5.73 Å². The van der Waals surface area contributed by atoms with Gasteiger partial charge in [-0.25, -0.2) is 0 Å². The molecule has 1 atom stereocenters. The summed E-state index contributed by atoms with van der Waals surface area (Å²) in [6.45, 7) is 0.179. The Kier molecular flexibility index (Phi) is 2.23. The normalized spacial score (nSPS) is 18.4. The standard InChI is InChI=1S/C13H12N2O2/c14-7-11-13(16)15-12-9-4-2-1-3-8(9)5-6-10(12)17-11/h1-6,11H,7,14H2,(H,15,16). The van der Waals surface area contributed by atoms with E-state index < -0.39 is 6.10 Å². The fourth-order valence-electron chi connectivity index (χ4n) is 2.04. The van der Waals surface area contributed by atoms with E-state index in [1.807, 2.05) is 36.4 Å². The number of benzene rings is 2. The number of anilines is 1. The molecule has 0 radical (unpaired) electrons. The maximum atomic E-state index is 11.7. The first-order valence-corrected chi connectivity index (χ1v) is 5.49. The predicted molar refractivity (Wildman–Crippen MR) is 66.0 cm³/mol. The van der Waals surface area contributed by atoms with E-state index in [2.05, 4.69) is 5.32 Å². The molecule has 1 unspecified atom stereocenters. The first kappa shape index (κ1) is 10.1. The summed E-state index contributed by atoms with van der Waals surface area (Å²) in [5, 5.41) is 4.91. The SMILES string of the molecule is NCC1Oc2ccc3ccccc3c2NC1=O. The lowest BCUT2D eigenvalue weighted by Gasteiger charge is -2.25. The van der Waals surface area contributed by atoms with Crippen LogP contribution in [-0.4, -0.2) is 18.6 Å². The minimum Gasteiger partial charge on any atom is -0.477 e. The molecule has 0 bridgehead atoms. The van der Waals surface area contributed by atoms with Crippen LogP contribution in [0.2, 0.25) is 0 Å². The maximum absolute atomic E-state index is 11.7. The molecule has 1 aliphatic rings. The molecule has 2 aromatic rings. The molecule has 0 spiro atoms. The molecule has 2 aromatic carbocycles. The number of carbonyl (C=O) groups excluding carboxylic acids is 1. The second-order valence-corrected chi connectivity index (χ2v) is 3.99. The number of ether oxygens (including phenoxy) is 1. The summed E-state index contributed by atoms with van der Waals surface area (Å²) < 4.78 is 5.56. The Morgan fingerprint density at radius 2 is 2.06 bits per heavy atom. The van der Waals surface area contributed by atoms with E-state index in [1.54, 1.807) is 0 Å². The number of nitrogens with one attached hydrogen (secondary N) is 1. The molecular formula is C13H12N2O2. The average Bonchev–Trinajstić information content (AvgIpc) is 2.38. The van der Waals surface area contributed by atoms with Crippen LogP contribution in [-0.2, 0) is 4.79 Å². The number of hydrogen-bond acceptors (Lipinski definition) is 3. The third-order valence-electron chi connectivity index (χ3n) is 2.91. The van der Waals surface area contributed by atoms with E-state index in [9.17, 15) is 4.79 Å². The Bertz CT molecular complexity index is 595. The molecule has 0 aromatic heterocycles. The minimum absolute atomic E-state index is 0.179. The molecule has 4 nitrogen and oxygen atoms in total. The van der Waals surface area contributed by atoms with E-state index in [0.717, 1.165) is 16.5 Å². The van der Waals surface area contributed by atoms with Gasteiger partial charge < -0.3 is 15.8 Å². The minimum atomic E-state index is -0.594. The summed E-state index contributed by atoms with van der Waals surface area (Å²) in [7, 11) is 0.